The van der Waals surface area contributed by atoms with E-state index >= 15 is 0 Å². The molecule has 1 aromatic rings. The fourth-order valence-electron chi connectivity index (χ4n) is 1.85. The zero-order valence-corrected chi connectivity index (χ0v) is 10.7. The van der Waals surface area contributed by atoms with Crippen LogP contribution in [0.4, 0.5) is 13.2 Å². The highest BCUT2D eigenvalue weighted by Gasteiger charge is 2.26. The molecule has 2 atom stereocenters. The summed E-state index contributed by atoms with van der Waals surface area (Å²) in [4.78, 5) is 4.02. The SMILES string of the molecule is CC(CCCC(F)(F)F)N[C@H](C)c1cccnc1. The summed E-state index contributed by atoms with van der Waals surface area (Å²) in [6, 6.07) is 3.96. The Balaban J connectivity index is 2.30. The zero-order chi connectivity index (χ0) is 13.6. The summed E-state index contributed by atoms with van der Waals surface area (Å²) in [5.74, 6) is 0. The van der Waals surface area contributed by atoms with Crippen molar-refractivity contribution in [2.45, 2.75) is 51.4 Å². The summed E-state index contributed by atoms with van der Waals surface area (Å²) in [5.41, 5.74) is 1.04. The van der Waals surface area contributed by atoms with Gasteiger partial charge in [0, 0.05) is 30.9 Å². The molecule has 1 aromatic heterocycles. The molecule has 1 N–H and O–H groups in total. The van der Waals surface area contributed by atoms with E-state index in [2.05, 4.69) is 10.3 Å². The van der Waals surface area contributed by atoms with Gasteiger partial charge in [-0.15, -0.1) is 0 Å². The molecule has 0 spiro atoms. The van der Waals surface area contributed by atoms with Gasteiger partial charge in [-0.3, -0.25) is 4.98 Å². The minimum absolute atomic E-state index is 0.0579. The van der Waals surface area contributed by atoms with Crippen molar-refractivity contribution >= 4 is 0 Å². The molecule has 5 heteroatoms. The summed E-state index contributed by atoms with van der Waals surface area (Å²) < 4.78 is 36.0. The Morgan fingerprint density at radius 1 is 1.33 bits per heavy atom. The molecule has 0 aliphatic rings. The van der Waals surface area contributed by atoms with Gasteiger partial charge in [0.15, 0.2) is 0 Å². The fraction of sp³-hybridized carbons (Fsp3) is 0.615. The van der Waals surface area contributed by atoms with Crippen molar-refractivity contribution in [1.29, 1.82) is 0 Å². The molecule has 1 rings (SSSR count). The van der Waals surface area contributed by atoms with Crippen molar-refractivity contribution < 1.29 is 13.2 Å². The van der Waals surface area contributed by atoms with Crippen LogP contribution in [0.1, 0.15) is 44.7 Å². The van der Waals surface area contributed by atoms with E-state index in [1.165, 1.54) is 0 Å². The van der Waals surface area contributed by atoms with Crippen molar-refractivity contribution in [3.63, 3.8) is 0 Å². The summed E-state index contributed by atoms with van der Waals surface area (Å²) in [6.07, 6.45) is -0.612. The van der Waals surface area contributed by atoms with Crippen LogP contribution < -0.4 is 5.32 Å². The van der Waals surface area contributed by atoms with Crippen LogP contribution in [0, 0.1) is 0 Å². The smallest absolute Gasteiger partial charge is 0.308 e. The second-order valence-corrected chi connectivity index (χ2v) is 4.58. The average molecular weight is 260 g/mol. The predicted molar refractivity (Wildman–Crippen MR) is 65.2 cm³/mol. The van der Waals surface area contributed by atoms with Crippen molar-refractivity contribution in [2.75, 3.05) is 0 Å². The molecule has 0 fully saturated rings. The lowest BCUT2D eigenvalue weighted by Gasteiger charge is -2.20. The predicted octanol–water partition coefficient (Wildman–Crippen LogP) is 3.85. The van der Waals surface area contributed by atoms with Gasteiger partial charge in [-0.05, 0) is 38.3 Å². The molecule has 18 heavy (non-hydrogen) atoms. The highest BCUT2D eigenvalue weighted by molar-refractivity contribution is 5.12. The number of hydrogen-bond acceptors (Lipinski definition) is 2. The number of pyridine rings is 1. The van der Waals surface area contributed by atoms with Crippen LogP contribution in [0.15, 0.2) is 24.5 Å². The van der Waals surface area contributed by atoms with Crippen molar-refractivity contribution in [1.82, 2.24) is 10.3 Å². The maximum absolute atomic E-state index is 12.0. The normalized spacial score (nSPS) is 15.4. The van der Waals surface area contributed by atoms with E-state index in [9.17, 15) is 13.2 Å². The fourth-order valence-corrected chi connectivity index (χ4v) is 1.85. The third-order valence-electron chi connectivity index (χ3n) is 2.82. The van der Waals surface area contributed by atoms with E-state index in [1.54, 1.807) is 12.4 Å². The van der Waals surface area contributed by atoms with E-state index < -0.39 is 12.6 Å². The minimum atomic E-state index is -4.05. The van der Waals surface area contributed by atoms with Gasteiger partial charge >= 0.3 is 6.18 Å². The molecule has 0 aliphatic carbocycles. The Hall–Kier alpha value is -1.10. The number of aromatic nitrogens is 1. The number of alkyl halides is 3. The number of rotatable bonds is 6. The Kier molecular flexibility index (Phi) is 5.59. The number of nitrogens with one attached hydrogen (secondary N) is 1. The van der Waals surface area contributed by atoms with Gasteiger partial charge in [-0.25, -0.2) is 0 Å². The lowest BCUT2D eigenvalue weighted by atomic mass is 10.1. The Labute approximate surface area is 106 Å². The lowest BCUT2D eigenvalue weighted by molar-refractivity contribution is -0.135. The molecule has 2 nitrogen and oxygen atoms in total. The minimum Gasteiger partial charge on any atom is -0.308 e. The Morgan fingerprint density at radius 3 is 2.61 bits per heavy atom. The number of hydrogen-bond donors (Lipinski definition) is 1. The second-order valence-electron chi connectivity index (χ2n) is 4.58. The number of halogens is 3. The lowest BCUT2D eigenvalue weighted by Crippen LogP contribution is -2.29. The van der Waals surface area contributed by atoms with Crippen LogP contribution >= 0.6 is 0 Å². The van der Waals surface area contributed by atoms with E-state index in [4.69, 9.17) is 0 Å². The third-order valence-corrected chi connectivity index (χ3v) is 2.82. The quantitative estimate of drug-likeness (QED) is 0.840. The van der Waals surface area contributed by atoms with Gasteiger partial charge in [0.05, 0.1) is 0 Å². The van der Waals surface area contributed by atoms with Gasteiger partial charge in [0.25, 0.3) is 0 Å². The van der Waals surface area contributed by atoms with Crippen LogP contribution in [0.3, 0.4) is 0 Å². The van der Waals surface area contributed by atoms with Crippen LogP contribution in [0.25, 0.3) is 0 Å². The topological polar surface area (TPSA) is 24.9 Å². The highest BCUT2D eigenvalue weighted by Crippen LogP contribution is 2.23. The van der Waals surface area contributed by atoms with Gasteiger partial charge < -0.3 is 5.32 Å². The Morgan fingerprint density at radius 2 is 2.06 bits per heavy atom. The van der Waals surface area contributed by atoms with Gasteiger partial charge in [0.2, 0.25) is 0 Å². The standard InChI is InChI=1S/C13H19F3N2/c1-10(5-3-7-13(14,15)16)18-11(2)12-6-4-8-17-9-12/h4,6,8-11,18H,3,5,7H2,1-2H3/t10?,11-/m1/s1. The van der Waals surface area contributed by atoms with Gasteiger partial charge in [0.1, 0.15) is 0 Å². The molecule has 0 saturated carbocycles. The van der Waals surface area contributed by atoms with Crippen molar-refractivity contribution in [3.8, 4) is 0 Å². The molecule has 0 aliphatic heterocycles. The van der Waals surface area contributed by atoms with Crippen molar-refractivity contribution in [3.05, 3.63) is 30.1 Å². The second kappa shape index (κ2) is 6.73. The van der Waals surface area contributed by atoms with Crippen molar-refractivity contribution in [2.24, 2.45) is 0 Å². The van der Waals surface area contributed by atoms with Crippen LogP contribution in [-0.4, -0.2) is 17.2 Å². The number of nitrogens with zero attached hydrogens (tertiary/aromatic N) is 1. The third kappa shape index (κ3) is 6.00. The van der Waals surface area contributed by atoms with E-state index in [-0.39, 0.29) is 18.5 Å². The zero-order valence-electron chi connectivity index (χ0n) is 10.7. The maximum atomic E-state index is 12.0. The molecule has 1 heterocycles. The molecular weight excluding hydrogens is 241 g/mol. The largest absolute Gasteiger partial charge is 0.389 e. The Bertz CT molecular complexity index is 338. The van der Waals surface area contributed by atoms with Crippen LogP contribution in [0.2, 0.25) is 0 Å². The average Bonchev–Trinajstić information content (AvgIpc) is 2.28. The monoisotopic (exact) mass is 260 g/mol. The summed E-state index contributed by atoms with van der Waals surface area (Å²) in [6.45, 7) is 3.89. The first kappa shape index (κ1) is 15.0. The summed E-state index contributed by atoms with van der Waals surface area (Å²) >= 11 is 0. The van der Waals surface area contributed by atoms with E-state index in [0.29, 0.717) is 6.42 Å². The molecular formula is C13H19F3N2. The molecule has 0 saturated heterocycles. The molecule has 1 unspecified atom stereocenters. The molecule has 0 radical (unpaired) electrons. The molecule has 0 aromatic carbocycles. The van der Waals surface area contributed by atoms with Crippen LogP contribution in [0.5, 0.6) is 0 Å². The van der Waals surface area contributed by atoms with Gasteiger partial charge in [-0.1, -0.05) is 6.07 Å². The van der Waals surface area contributed by atoms with E-state index in [0.717, 1.165) is 5.56 Å². The van der Waals surface area contributed by atoms with Crippen LogP contribution in [-0.2, 0) is 0 Å². The maximum Gasteiger partial charge on any atom is 0.389 e. The first-order chi connectivity index (χ1) is 8.38. The van der Waals surface area contributed by atoms with E-state index in [1.807, 2.05) is 26.0 Å². The highest BCUT2D eigenvalue weighted by atomic mass is 19.4. The molecule has 0 bridgehead atoms. The first-order valence-corrected chi connectivity index (χ1v) is 6.11. The molecule has 102 valence electrons. The van der Waals surface area contributed by atoms with Gasteiger partial charge in [-0.2, -0.15) is 13.2 Å². The molecule has 0 amide bonds. The summed E-state index contributed by atoms with van der Waals surface area (Å²) in [7, 11) is 0. The first-order valence-electron chi connectivity index (χ1n) is 6.11. The summed E-state index contributed by atoms with van der Waals surface area (Å²) in [5, 5.41) is 3.28.